The fraction of sp³-hybridized carbons (Fsp3) is 0.704. The van der Waals surface area contributed by atoms with Gasteiger partial charge in [0, 0.05) is 0 Å². The molecule has 170 valence electrons. The number of likely N-dealkylation sites (N-methyl/N-ethyl adjacent to an activating group) is 1. The highest BCUT2D eigenvalue weighted by Crippen LogP contribution is 2.36. The van der Waals surface area contributed by atoms with Crippen molar-refractivity contribution in [1.82, 2.24) is 0 Å². The number of nitrogens with zero attached hydrogens (tertiary/aromatic N) is 1. The van der Waals surface area contributed by atoms with E-state index in [1.54, 1.807) is 0 Å². The number of quaternary nitrogens is 1. The second kappa shape index (κ2) is 10.3. The van der Waals surface area contributed by atoms with Crippen LogP contribution in [0.4, 0.5) is 0 Å². The van der Waals surface area contributed by atoms with E-state index in [0.29, 0.717) is 19.2 Å². The minimum atomic E-state index is -0.478. The molecule has 0 radical (unpaired) electrons. The third-order valence-corrected chi connectivity index (χ3v) is 6.68. The van der Waals surface area contributed by atoms with Crippen LogP contribution >= 0.6 is 0 Å². The summed E-state index contributed by atoms with van der Waals surface area (Å²) < 4.78 is 6.83. The fourth-order valence-corrected chi connectivity index (χ4v) is 5.53. The Morgan fingerprint density at radius 1 is 1.10 bits per heavy atom. The molecule has 3 nitrogen and oxygen atoms in total. The normalized spacial score (nSPS) is 19.2. The Hall–Kier alpha value is -1.32. The van der Waals surface area contributed by atoms with E-state index in [-0.39, 0.29) is 10.8 Å². The molecule has 0 amide bonds. The Morgan fingerprint density at radius 3 is 2.23 bits per heavy atom. The summed E-state index contributed by atoms with van der Waals surface area (Å²) in [4.78, 5) is 0. The number of rotatable bonds is 10. The van der Waals surface area contributed by atoms with Crippen LogP contribution in [0.3, 0.4) is 0 Å². The summed E-state index contributed by atoms with van der Waals surface area (Å²) >= 11 is 0. The van der Waals surface area contributed by atoms with E-state index in [1.165, 1.54) is 37.7 Å². The predicted octanol–water partition coefficient (Wildman–Crippen LogP) is 6.11. The summed E-state index contributed by atoms with van der Waals surface area (Å²) in [5.41, 5.74) is 1.75. The second-order valence-electron chi connectivity index (χ2n) is 11.5. The third-order valence-electron chi connectivity index (χ3n) is 6.68. The van der Waals surface area contributed by atoms with Crippen molar-refractivity contribution >= 4 is 0 Å². The van der Waals surface area contributed by atoms with Gasteiger partial charge in [-0.05, 0) is 66.7 Å². The lowest BCUT2D eigenvalue weighted by Crippen LogP contribution is -2.57. The van der Waals surface area contributed by atoms with Crippen LogP contribution in [0.5, 0.6) is 5.75 Å². The molecule has 1 N–H and O–H groups in total. The molecule has 0 bridgehead atoms. The van der Waals surface area contributed by atoms with E-state index in [9.17, 15) is 5.11 Å². The average Bonchev–Trinajstić information content (AvgIpc) is 2.66. The van der Waals surface area contributed by atoms with Gasteiger partial charge in [0.2, 0.25) is 0 Å². The number of aliphatic hydroxyl groups excluding tert-OH is 1. The molecular weight excluding hydrogens is 370 g/mol. The Morgan fingerprint density at radius 2 is 1.70 bits per heavy atom. The maximum Gasteiger partial charge on any atom is 0.137 e. The maximum absolute atomic E-state index is 10.7. The van der Waals surface area contributed by atoms with Crippen molar-refractivity contribution in [2.75, 3.05) is 26.7 Å². The minimum Gasteiger partial charge on any atom is -0.491 e. The van der Waals surface area contributed by atoms with Crippen LogP contribution in [0.25, 0.3) is 0 Å². The molecule has 0 saturated heterocycles. The third kappa shape index (κ3) is 7.42. The Bertz CT molecular complexity index is 652. The SMILES string of the molecule is C=CC[N@+](C)(C[C@@H](O)COc1ccc(C(C)(C)CC(C)(C)C)cc1)C1CCCCC1. The Kier molecular flexibility index (Phi) is 8.59. The van der Waals surface area contributed by atoms with E-state index >= 15 is 0 Å². The highest BCUT2D eigenvalue weighted by Gasteiger charge is 2.35. The Balaban J connectivity index is 1.93. The highest BCUT2D eigenvalue weighted by atomic mass is 16.5. The number of hydrogen-bond donors (Lipinski definition) is 1. The molecule has 30 heavy (non-hydrogen) atoms. The molecule has 0 unspecified atom stereocenters. The van der Waals surface area contributed by atoms with Gasteiger partial charge in [0.05, 0.1) is 19.6 Å². The van der Waals surface area contributed by atoms with Gasteiger partial charge in [0.15, 0.2) is 0 Å². The van der Waals surface area contributed by atoms with Crippen LogP contribution in [-0.4, -0.2) is 48.5 Å². The first-order chi connectivity index (χ1) is 14.0. The van der Waals surface area contributed by atoms with E-state index in [2.05, 4.69) is 60.4 Å². The molecule has 3 heteroatoms. The summed E-state index contributed by atoms with van der Waals surface area (Å²) in [6, 6.07) is 9.06. The van der Waals surface area contributed by atoms with Crippen LogP contribution in [0.1, 0.15) is 78.7 Å². The molecule has 0 aromatic heterocycles. The molecule has 1 aromatic carbocycles. The second-order valence-corrected chi connectivity index (χ2v) is 11.5. The smallest absolute Gasteiger partial charge is 0.137 e. The molecule has 2 atom stereocenters. The highest BCUT2D eigenvalue weighted by molar-refractivity contribution is 5.31. The first-order valence-electron chi connectivity index (χ1n) is 11.8. The maximum atomic E-state index is 10.7. The van der Waals surface area contributed by atoms with Crippen LogP contribution < -0.4 is 4.74 Å². The van der Waals surface area contributed by atoms with Gasteiger partial charge in [-0.3, -0.25) is 0 Å². The zero-order chi connectivity index (χ0) is 22.4. The molecule has 0 spiro atoms. The van der Waals surface area contributed by atoms with E-state index in [1.807, 2.05) is 18.2 Å². The lowest BCUT2D eigenvalue weighted by molar-refractivity contribution is -0.932. The molecular formula is C27H46NO2+. The summed E-state index contributed by atoms with van der Waals surface area (Å²) in [5.74, 6) is 0.833. The lowest BCUT2D eigenvalue weighted by atomic mass is 9.72. The summed E-state index contributed by atoms with van der Waals surface area (Å²) in [5, 5.41) is 10.7. The van der Waals surface area contributed by atoms with Crippen molar-refractivity contribution in [3.05, 3.63) is 42.5 Å². The van der Waals surface area contributed by atoms with Crippen molar-refractivity contribution in [3.8, 4) is 5.75 Å². The molecule has 1 saturated carbocycles. The van der Waals surface area contributed by atoms with Crippen LogP contribution in [0.2, 0.25) is 0 Å². The van der Waals surface area contributed by atoms with Gasteiger partial charge < -0.3 is 14.3 Å². The monoisotopic (exact) mass is 416 g/mol. The molecule has 0 aliphatic heterocycles. The van der Waals surface area contributed by atoms with E-state index in [0.717, 1.165) is 23.2 Å². The number of hydrogen-bond acceptors (Lipinski definition) is 2. The molecule has 1 fully saturated rings. The van der Waals surface area contributed by atoms with Gasteiger partial charge in [-0.1, -0.05) is 59.8 Å². The average molecular weight is 417 g/mol. The quantitative estimate of drug-likeness (QED) is 0.368. The standard InChI is InChI=1S/C27H46NO2/c1-8-18-28(7,23-12-10-9-11-13-23)19-24(29)20-30-25-16-14-22(15-17-25)27(5,6)21-26(2,3)4/h8,14-17,23-24,29H,1,9-13,18-21H2,2-7H3/q+1/t24-,28-/m1/s1. The van der Waals surface area contributed by atoms with Crippen LogP contribution in [-0.2, 0) is 5.41 Å². The molecule has 1 aliphatic carbocycles. The van der Waals surface area contributed by atoms with E-state index < -0.39 is 6.10 Å². The Labute approximate surface area is 185 Å². The van der Waals surface area contributed by atoms with E-state index in [4.69, 9.17) is 4.74 Å². The minimum absolute atomic E-state index is 0.125. The topological polar surface area (TPSA) is 29.5 Å². The van der Waals surface area contributed by atoms with Gasteiger partial charge in [-0.25, -0.2) is 0 Å². The van der Waals surface area contributed by atoms with Crippen LogP contribution in [0.15, 0.2) is 36.9 Å². The number of benzene rings is 1. The van der Waals surface area contributed by atoms with Crippen molar-refractivity contribution in [1.29, 1.82) is 0 Å². The van der Waals surface area contributed by atoms with Crippen molar-refractivity contribution in [2.45, 2.75) is 90.7 Å². The van der Waals surface area contributed by atoms with Crippen LogP contribution in [0, 0.1) is 5.41 Å². The zero-order valence-corrected chi connectivity index (χ0v) is 20.4. The van der Waals surface area contributed by atoms with Crippen molar-refractivity contribution in [3.63, 3.8) is 0 Å². The molecule has 0 heterocycles. The van der Waals surface area contributed by atoms with Gasteiger partial charge in [0.25, 0.3) is 0 Å². The van der Waals surface area contributed by atoms with Gasteiger partial charge >= 0.3 is 0 Å². The number of ether oxygens (including phenoxy) is 1. The largest absolute Gasteiger partial charge is 0.491 e. The van der Waals surface area contributed by atoms with Crippen molar-refractivity contribution < 1.29 is 14.3 Å². The summed E-state index contributed by atoms with van der Waals surface area (Å²) in [6.07, 6.45) is 9.11. The predicted molar refractivity (Wildman–Crippen MR) is 128 cm³/mol. The lowest BCUT2D eigenvalue weighted by Gasteiger charge is -2.43. The molecule has 1 aromatic rings. The first-order valence-corrected chi connectivity index (χ1v) is 11.8. The molecule has 1 aliphatic rings. The first kappa shape index (κ1) is 24.9. The number of aliphatic hydroxyl groups is 1. The summed E-state index contributed by atoms with van der Waals surface area (Å²) in [7, 11) is 2.27. The van der Waals surface area contributed by atoms with Gasteiger partial charge in [0.1, 0.15) is 25.0 Å². The zero-order valence-electron chi connectivity index (χ0n) is 20.4. The molecule has 2 rings (SSSR count). The summed E-state index contributed by atoms with van der Waals surface area (Å²) in [6.45, 7) is 17.4. The van der Waals surface area contributed by atoms with Gasteiger partial charge in [-0.15, -0.1) is 0 Å². The fourth-order valence-electron chi connectivity index (χ4n) is 5.53. The van der Waals surface area contributed by atoms with Crippen molar-refractivity contribution in [2.24, 2.45) is 5.41 Å². The van der Waals surface area contributed by atoms with Gasteiger partial charge in [-0.2, -0.15) is 0 Å².